The van der Waals surface area contributed by atoms with Gasteiger partial charge in [-0.1, -0.05) is 11.8 Å². The third-order valence-electron chi connectivity index (χ3n) is 2.52. The van der Waals surface area contributed by atoms with E-state index in [1.54, 1.807) is 19.1 Å². The molecule has 0 aliphatic carbocycles. The summed E-state index contributed by atoms with van der Waals surface area (Å²) in [6, 6.07) is 6.16. The van der Waals surface area contributed by atoms with Crippen LogP contribution in [0.1, 0.15) is 18.9 Å². The zero-order valence-corrected chi connectivity index (χ0v) is 12.7. The van der Waals surface area contributed by atoms with Gasteiger partial charge < -0.3 is 11.1 Å². The van der Waals surface area contributed by atoms with Gasteiger partial charge >= 0.3 is 0 Å². The Hall–Kier alpha value is -1.88. The van der Waals surface area contributed by atoms with Crippen LogP contribution in [0.25, 0.3) is 0 Å². The minimum atomic E-state index is -3.61. The summed E-state index contributed by atoms with van der Waals surface area (Å²) in [5, 5.41) is 2.60. The predicted octanol–water partition coefficient (Wildman–Crippen LogP) is -0.199. The van der Waals surface area contributed by atoms with E-state index in [0.29, 0.717) is 12.1 Å². The Morgan fingerprint density at radius 1 is 1.29 bits per heavy atom. The van der Waals surface area contributed by atoms with Gasteiger partial charge in [0.25, 0.3) is 0 Å². The van der Waals surface area contributed by atoms with Crippen molar-refractivity contribution >= 4 is 15.9 Å². The van der Waals surface area contributed by atoms with Crippen molar-refractivity contribution in [3.05, 3.63) is 29.8 Å². The zero-order chi connectivity index (χ0) is 15.7. The number of benzene rings is 1. The third kappa shape index (κ3) is 5.95. The van der Waals surface area contributed by atoms with E-state index >= 15 is 0 Å². The van der Waals surface area contributed by atoms with E-state index < -0.39 is 10.0 Å². The molecule has 0 aliphatic heterocycles. The summed E-state index contributed by atoms with van der Waals surface area (Å²) in [4.78, 5) is 11.4. The highest BCUT2D eigenvalue weighted by Gasteiger charge is 2.13. The summed E-state index contributed by atoms with van der Waals surface area (Å²) < 4.78 is 26.4. The molecule has 0 atom stereocenters. The minimum absolute atomic E-state index is 0.0584. The Morgan fingerprint density at radius 3 is 2.52 bits per heavy atom. The first-order valence-electron chi connectivity index (χ1n) is 6.55. The van der Waals surface area contributed by atoms with Gasteiger partial charge in [0.1, 0.15) is 0 Å². The average molecular weight is 309 g/mol. The van der Waals surface area contributed by atoms with Crippen LogP contribution in [0, 0.1) is 11.8 Å². The van der Waals surface area contributed by atoms with E-state index in [9.17, 15) is 13.2 Å². The second kappa shape index (κ2) is 8.42. The van der Waals surface area contributed by atoms with Gasteiger partial charge in [0.2, 0.25) is 15.9 Å². The van der Waals surface area contributed by atoms with Crippen molar-refractivity contribution in [1.29, 1.82) is 0 Å². The minimum Gasteiger partial charge on any atom is -0.356 e. The summed E-state index contributed by atoms with van der Waals surface area (Å²) in [6.45, 7) is 2.64. The SMILES string of the molecule is CCNC(=O)CCNS(=O)(=O)c1ccc(C#CCN)cc1. The lowest BCUT2D eigenvalue weighted by Gasteiger charge is -2.07. The molecule has 1 aromatic carbocycles. The van der Waals surface area contributed by atoms with E-state index in [-0.39, 0.29) is 30.3 Å². The summed E-state index contributed by atoms with van der Waals surface area (Å²) in [6.07, 6.45) is 0.104. The number of hydrogen-bond donors (Lipinski definition) is 3. The first kappa shape index (κ1) is 17.2. The Kier molecular flexibility index (Phi) is 6.88. The van der Waals surface area contributed by atoms with E-state index in [1.807, 2.05) is 0 Å². The smallest absolute Gasteiger partial charge is 0.240 e. The standard InChI is InChI=1S/C14H19N3O3S/c1-2-16-14(18)9-11-17-21(19,20)13-7-5-12(6-8-13)4-3-10-15/h5-8,17H,2,9-11,15H2,1H3,(H,16,18). The number of sulfonamides is 1. The molecule has 0 aromatic heterocycles. The van der Waals surface area contributed by atoms with Crippen LogP contribution < -0.4 is 15.8 Å². The molecule has 1 amide bonds. The fraction of sp³-hybridized carbons (Fsp3) is 0.357. The van der Waals surface area contributed by atoms with E-state index in [2.05, 4.69) is 21.9 Å². The number of hydrogen-bond acceptors (Lipinski definition) is 4. The molecule has 0 aliphatic rings. The number of rotatable bonds is 6. The van der Waals surface area contributed by atoms with Crippen LogP contribution in [0.4, 0.5) is 0 Å². The highest BCUT2D eigenvalue weighted by atomic mass is 32.2. The normalized spacial score (nSPS) is 10.6. The van der Waals surface area contributed by atoms with Gasteiger partial charge in [0, 0.05) is 25.1 Å². The van der Waals surface area contributed by atoms with Crippen molar-refractivity contribution in [3.63, 3.8) is 0 Å². The Balaban J connectivity index is 2.64. The molecule has 0 spiro atoms. The maximum absolute atomic E-state index is 12.0. The number of carbonyl (C=O) groups is 1. The fourth-order valence-electron chi connectivity index (χ4n) is 1.54. The van der Waals surface area contributed by atoms with Gasteiger partial charge in [-0.05, 0) is 31.2 Å². The summed E-state index contributed by atoms with van der Waals surface area (Å²) in [5.41, 5.74) is 5.96. The molecule has 0 bridgehead atoms. The Labute approximate surface area is 125 Å². The summed E-state index contributed by atoms with van der Waals surface area (Å²) >= 11 is 0. The molecule has 114 valence electrons. The quantitative estimate of drug-likeness (QED) is 0.633. The topological polar surface area (TPSA) is 101 Å². The van der Waals surface area contributed by atoms with Crippen molar-refractivity contribution in [2.45, 2.75) is 18.2 Å². The van der Waals surface area contributed by atoms with Crippen molar-refractivity contribution in [1.82, 2.24) is 10.0 Å². The highest BCUT2D eigenvalue weighted by Crippen LogP contribution is 2.09. The van der Waals surface area contributed by atoms with Crippen LogP contribution >= 0.6 is 0 Å². The molecule has 7 heteroatoms. The lowest BCUT2D eigenvalue weighted by molar-refractivity contribution is -0.120. The monoisotopic (exact) mass is 309 g/mol. The second-order valence-electron chi connectivity index (χ2n) is 4.13. The molecule has 1 rings (SSSR count). The molecule has 1 aromatic rings. The lowest BCUT2D eigenvalue weighted by Crippen LogP contribution is -2.30. The van der Waals surface area contributed by atoms with Crippen LogP contribution in [0.2, 0.25) is 0 Å². The molecule has 6 nitrogen and oxygen atoms in total. The number of nitrogens with one attached hydrogen (secondary N) is 2. The van der Waals surface area contributed by atoms with Gasteiger partial charge in [-0.15, -0.1) is 0 Å². The van der Waals surface area contributed by atoms with E-state index in [0.717, 1.165) is 0 Å². The molecule has 0 saturated heterocycles. The van der Waals surface area contributed by atoms with Crippen LogP contribution in [-0.4, -0.2) is 34.0 Å². The third-order valence-corrected chi connectivity index (χ3v) is 3.99. The Bertz CT molecular complexity index is 628. The molecule has 0 saturated carbocycles. The largest absolute Gasteiger partial charge is 0.356 e. The molecule has 0 heterocycles. The van der Waals surface area contributed by atoms with Crippen molar-refractivity contribution < 1.29 is 13.2 Å². The average Bonchev–Trinajstić information content (AvgIpc) is 2.45. The molecule has 0 fully saturated rings. The van der Waals surface area contributed by atoms with Crippen molar-refractivity contribution in [2.75, 3.05) is 19.6 Å². The fourth-order valence-corrected chi connectivity index (χ4v) is 2.57. The van der Waals surface area contributed by atoms with Crippen molar-refractivity contribution in [2.24, 2.45) is 5.73 Å². The van der Waals surface area contributed by atoms with Crippen molar-refractivity contribution in [3.8, 4) is 11.8 Å². The van der Waals surface area contributed by atoms with Crippen LogP contribution in [0.3, 0.4) is 0 Å². The number of amides is 1. The van der Waals surface area contributed by atoms with E-state index in [1.165, 1.54) is 12.1 Å². The van der Waals surface area contributed by atoms with Gasteiger partial charge in [-0.3, -0.25) is 4.79 Å². The molecular formula is C14H19N3O3S. The number of carbonyl (C=O) groups excluding carboxylic acids is 1. The van der Waals surface area contributed by atoms with Crippen LogP contribution in [0.15, 0.2) is 29.2 Å². The number of nitrogens with two attached hydrogens (primary N) is 1. The molecule has 21 heavy (non-hydrogen) atoms. The van der Waals surface area contributed by atoms with Gasteiger partial charge in [0.05, 0.1) is 11.4 Å². The van der Waals surface area contributed by atoms with E-state index in [4.69, 9.17) is 5.73 Å². The van der Waals surface area contributed by atoms with Crippen LogP contribution in [0.5, 0.6) is 0 Å². The predicted molar refractivity (Wildman–Crippen MR) is 80.9 cm³/mol. The molecule has 0 unspecified atom stereocenters. The Morgan fingerprint density at radius 2 is 1.95 bits per heavy atom. The van der Waals surface area contributed by atoms with Crippen LogP contribution in [-0.2, 0) is 14.8 Å². The molecule has 0 radical (unpaired) electrons. The maximum Gasteiger partial charge on any atom is 0.240 e. The molecular weight excluding hydrogens is 290 g/mol. The first-order valence-corrected chi connectivity index (χ1v) is 8.03. The van der Waals surface area contributed by atoms with Gasteiger partial charge in [0.15, 0.2) is 0 Å². The summed E-state index contributed by atoms with van der Waals surface area (Å²) in [7, 11) is -3.61. The second-order valence-corrected chi connectivity index (χ2v) is 5.90. The zero-order valence-electron chi connectivity index (χ0n) is 11.8. The van der Waals surface area contributed by atoms with Gasteiger partial charge in [-0.25, -0.2) is 13.1 Å². The van der Waals surface area contributed by atoms with Gasteiger partial charge in [-0.2, -0.15) is 0 Å². The lowest BCUT2D eigenvalue weighted by atomic mass is 10.2. The highest BCUT2D eigenvalue weighted by molar-refractivity contribution is 7.89. The first-order chi connectivity index (χ1) is 9.99. The maximum atomic E-state index is 12.0. The summed E-state index contributed by atoms with van der Waals surface area (Å²) in [5.74, 6) is 5.31. The molecule has 4 N–H and O–H groups in total.